The van der Waals surface area contributed by atoms with E-state index in [2.05, 4.69) is 35.3 Å². The van der Waals surface area contributed by atoms with Crippen LogP contribution in [-0.4, -0.2) is 40.5 Å². The quantitative estimate of drug-likeness (QED) is 0.868. The smallest absolute Gasteiger partial charge is 0.0663 e. The van der Waals surface area contributed by atoms with Gasteiger partial charge in [-0.25, -0.2) is 4.68 Å². The van der Waals surface area contributed by atoms with Crippen LogP contribution >= 0.6 is 0 Å². The molecule has 3 rings (SSSR count). The van der Waals surface area contributed by atoms with E-state index >= 15 is 0 Å². The minimum Gasteiger partial charge on any atom is -0.378 e. The molecule has 1 aromatic carbocycles. The third-order valence-corrected chi connectivity index (χ3v) is 4.69. The van der Waals surface area contributed by atoms with Crippen LogP contribution in [0.25, 0.3) is 5.69 Å². The molecule has 0 spiro atoms. The second-order valence-electron chi connectivity index (χ2n) is 6.41. The number of para-hydroxylation sites is 1. The molecular weight excluding hydrogens is 274 g/mol. The van der Waals surface area contributed by atoms with Gasteiger partial charge in [0, 0.05) is 32.0 Å². The summed E-state index contributed by atoms with van der Waals surface area (Å²) >= 11 is 0. The van der Waals surface area contributed by atoms with Crippen molar-refractivity contribution in [2.75, 3.05) is 20.2 Å². The molecule has 1 aromatic heterocycles. The summed E-state index contributed by atoms with van der Waals surface area (Å²) in [6.45, 7) is 5.41. The number of hydrogen-bond acceptors (Lipinski definition) is 3. The Balaban J connectivity index is 1.63. The first-order valence-electron chi connectivity index (χ1n) is 8.05. The summed E-state index contributed by atoms with van der Waals surface area (Å²) in [7, 11) is 1.83. The molecule has 4 heteroatoms. The van der Waals surface area contributed by atoms with Crippen LogP contribution in [0.5, 0.6) is 0 Å². The van der Waals surface area contributed by atoms with E-state index in [-0.39, 0.29) is 5.60 Å². The van der Waals surface area contributed by atoms with Crippen LogP contribution in [0.15, 0.2) is 42.7 Å². The lowest BCUT2D eigenvalue weighted by atomic mass is 9.97. The van der Waals surface area contributed by atoms with Crippen molar-refractivity contribution < 1.29 is 4.74 Å². The fourth-order valence-electron chi connectivity index (χ4n) is 3.09. The van der Waals surface area contributed by atoms with Gasteiger partial charge in [-0.15, -0.1) is 0 Å². The molecule has 4 nitrogen and oxygen atoms in total. The van der Waals surface area contributed by atoms with E-state index in [0.29, 0.717) is 0 Å². The van der Waals surface area contributed by atoms with Crippen LogP contribution in [0.2, 0.25) is 0 Å². The highest BCUT2D eigenvalue weighted by molar-refractivity contribution is 5.30. The summed E-state index contributed by atoms with van der Waals surface area (Å²) in [6, 6.07) is 10.3. The van der Waals surface area contributed by atoms with Crippen LogP contribution in [-0.2, 0) is 11.3 Å². The van der Waals surface area contributed by atoms with Gasteiger partial charge >= 0.3 is 0 Å². The average Bonchev–Trinajstić information content (AvgIpc) is 2.93. The summed E-state index contributed by atoms with van der Waals surface area (Å²) in [5, 5.41) is 4.49. The maximum Gasteiger partial charge on any atom is 0.0663 e. The predicted molar refractivity (Wildman–Crippen MR) is 88.1 cm³/mol. The van der Waals surface area contributed by atoms with E-state index in [4.69, 9.17) is 4.74 Å². The first-order chi connectivity index (χ1) is 10.7. The van der Waals surface area contributed by atoms with Gasteiger partial charge in [-0.1, -0.05) is 18.2 Å². The highest BCUT2D eigenvalue weighted by Crippen LogP contribution is 2.25. The summed E-state index contributed by atoms with van der Waals surface area (Å²) in [5.41, 5.74) is 2.42. The van der Waals surface area contributed by atoms with Gasteiger partial charge in [0.1, 0.15) is 0 Å². The van der Waals surface area contributed by atoms with Crippen LogP contribution in [0, 0.1) is 0 Å². The summed E-state index contributed by atoms with van der Waals surface area (Å²) < 4.78 is 7.63. The summed E-state index contributed by atoms with van der Waals surface area (Å²) in [4.78, 5) is 2.51. The van der Waals surface area contributed by atoms with Crippen molar-refractivity contribution in [1.29, 1.82) is 0 Å². The van der Waals surface area contributed by atoms with Gasteiger partial charge in [0.25, 0.3) is 0 Å². The zero-order chi connectivity index (χ0) is 15.4. The maximum absolute atomic E-state index is 5.68. The number of aromatic nitrogens is 2. The molecule has 0 radical (unpaired) electrons. The Hall–Kier alpha value is -1.65. The third kappa shape index (κ3) is 3.57. The zero-order valence-corrected chi connectivity index (χ0v) is 13.5. The van der Waals surface area contributed by atoms with Crippen molar-refractivity contribution in [3.63, 3.8) is 0 Å². The molecule has 1 atom stereocenters. The zero-order valence-electron chi connectivity index (χ0n) is 13.5. The number of nitrogens with zero attached hydrogens (tertiary/aromatic N) is 3. The number of benzene rings is 1. The van der Waals surface area contributed by atoms with E-state index in [9.17, 15) is 0 Å². The molecule has 2 aromatic rings. The number of methoxy groups -OCH3 is 1. The largest absolute Gasteiger partial charge is 0.378 e. The van der Waals surface area contributed by atoms with E-state index in [1.807, 2.05) is 36.2 Å². The van der Waals surface area contributed by atoms with E-state index < -0.39 is 0 Å². The molecule has 1 fully saturated rings. The Kier molecular flexibility index (Phi) is 4.60. The molecule has 118 valence electrons. The van der Waals surface area contributed by atoms with Crippen LogP contribution in [0.1, 0.15) is 31.7 Å². The molecule has 1 aliphatic rings. The number of rotatable bonds is 4. The van der Waals surface area contributed by atoms with Crippen LogP contribution in [0.3, 0.4) is 0 Å². The summed E-state index contributed by atoms with van der Waals surface area (Å²) in [5.74, 6) is 0. The molecule has 0 bridgehead atoms. The molecule has 0 N–H and O–H groups in total. The van der Waals surface area contributed by atoms with E-state index in [0.717, 1.165) is 38.2 Å². The second kappa shape index (κ2) is 6.63. The van der Waals surface area contributed by atoms with Crippen molar-refractivity contribution in [2.45, 2.75) is 38.3 Å². The maximum atomic E-state index is 5.68. The van der Waals surface area contributed by atoms with Crippen LogP contribution < -0.4 is 0 Å². The van der Waals surface area contributed by atoms with Gasteiger partial charge in [0.2, 0.25) is 0 Å². The van der Waals surface area contributed by atoms with Crippen molar-refractivity contribution in [1.82, 2.24) is 14.7 Å². The van der Waals surface area contributed by atoms with Gasteiger partial charge in [-0.2, -0.15) is 5.10 Å². The third-order valence-electron chi connectivity index (χ3n) is 4.69. The Morgan fingerprint density at radius 1 is 1.18 bits per heavy atom. The minimum atomic E-state index is 0.0446. The van der Waals surface area contributed by atoms with Crippen LogP contribution in [0.4, 0.5) is 0 Å². The Morgan fingerprint density at radius 2 is 2.00 bits per heavy atom. The Labute approximate surface area is 132 Å². The number of hydrogen-bond donors (Lipinski definition) is 0. The molecule has 1 saturated heterocycles. The highest BCUT2D eigenvalue weighted by atomic mass is 16.5. The SMILES string of the molecule is COC1(C)CCCN(Cc2cnn(-c3ccccc3)c2)CC1. The average molecular weight is 299 g/mol. The molecule has 0 amide bonds. The lowest BCUT2D eigenvalue weighted by Crippen LogP contribution is -2.29. The van der Waals surface area contributed by atoms with Crippen molar-refractivity contribution in [3.05, 3.63) is 48.3 Å². The van der Waals surface area contributed by atoms with Crippen molar-refractivity contribution in [3.8, 4) is 5.69 Å². The number of likely N-dealkylation sites (tertiary alicyclic amines) is 1. The minimum absolute atomic E-state index is 0.0446. The van der Waals surface area contributed by atoms with Gasteiger partial charge < -0.3 is 4.74 Å². The van der Waals surface area contributed by atoms with E-state index in [1.54, 1.807) is 0 Å². The predicted octanol–water partition coefficient (Wildman–Crippen LogP) is 3.26. The first-order valence-corrected chi connectivity index (χ1v) is 8.05. The molecule has 0 saturated carbocycles. The van der Waals surface area contributed by atoms with Crippen molar-refractivity contribution in [2.24, 2.45) is 0 Å². The van der Waals surface area contributed by atoms with Crippen molar-refractivity contribution >= 4 is 0 Å². The number of ether oxygens (including phenoxy) is 1. The van der Waals surface area contributed by atoms with Gasteiger partial charge in [-0.05, 0) is 44.9 Å². The standard InChI is InChI=1S/C18H25N3O/c1-18(22-2)9-6-11-20(12-10-18)14-16-13-19-21(15-16)17-7-4-3-5-8-17/h3-5,7-8,13,15H,6,9-12,14H2,1-2H3. The molecule has 1 aliphatic heterocycles. The normalized spacial score (nSPS) is 23.4. The Bertz CT molecular complexity index is 595. The van der Waals surface area contributed by atoms with Gasteiger partial charge in [-0.3, -0.25) is 4.90 Å². The second-order valence-corrected chi connectivity index (χ2v) is 6.41. The Morgan fingerprint density at radius 3 is 2.77 bits per heavy atom. The van der Waals surface area contributed by atoms with Gasteiger partial charge in [0.15, 0.2) is 0 Å². The highest BCUT2D eigenvalue weighted by Gasteiger charge is 2.27. The molecule has 22 heavy (non-hydrogen) atoms. The molecule has 0 aliphatic carbocycles. The van der Waals surface area contributed by atoms with E-state index in [1.165, 1.54) is 12.0 Å². The fourth-order valence-corrected chi connectivity index (χ4v) is 3.09. The summed E-state index contributed by atoms with van der Waals surface area (Å²) in [6.07, 6.45) is 7.54. The topological polar surface area (TPSA) is 30.3 Å². The monoisotopic (exact) mass is 299 g/mol. The molecule has 1 unspecified atom stereocenters. The fraction of sp³-hybridized carbons (Fsp3) is 0.500. The molecular formula is C18H25N3O. The first kappa shape index (κ1) is 15.3. The lowest BCUT2D eigenvalue weighted by Gasteiger charge is -2.26. The molecule has 2 heterocycles. The lowest BCUT2D eigenvalue weighted by molar-refractivity contribution is -0.00583. The van der Waals surface area contributed by atoms with Gasteiger partial charge in [0.05, 0.1) is 17.5 Å².